The van der Waals surface area contributed by atoms with Crippen LogP contribution in [0.25, 0.3) is 34.0 Å². The monoisotopic (exact) mass is 851 g/mol. The summed E-state index contributed by atoms with van der Waals surface area (Å²) in [6.45, 7) is 9.82. The number of nitrogen functional groups attached to an aromatic ring is 1. The Morgan fingerprint density at radius 3 is 1.60 bits per heavy atom. The van der Waals surface area contributed by atoms with E-state index < -0.39 is 6.03 Å². The number of anilines is 2. The van der Waals surface area contributed by atoms with E-state index in [1.165, 1.54) is 30.3 Å². The standard InChI is InChI=1S/C25H26FN5O2.C24H25FN4O/c1-17-15-30(16-18-4-7-21(26)8-5-18)11-12-31(17)24(32)9-6-20-13-19-3-2-10-28-22(19)14-23(20)29-25(27)33;1-17-15-28(16-18-4-7-21(25)8-5-18)11-12-29(17)24(30)9-6-19-13-20-3-2-10-27-23(20)14-22(19)26/h2-10,13-14,17H,11-12,15-16H2,1H3,(H3,27,29,33);2-10,13-14,17H,11-12,15-16,26H2,1H3/b2*9-6+/t2*17-/m11/s1. The predicted octanol–water partition coefficient (Wildman–Crippen LogP) is 7.31. The number of nitrogens with two attached hydrogens (primary N) is 2. The van der Waals surface area contributed by atoms with Crippen molar-refractivity contribution >= 4 is 63.2 Å². The number of hydrogen-bond acceptors (Lipinski definition) is 8. The maximum absolute atomic E-state index is 13.1. The smallest absolute Gasteiger partial charge is 0.316 e. The number of carbonyl (C=O) groups is 3. The number of piperazine rings is 2. The Hall–Kier alpha value is -7.03. The zero-order valence-corrected chi connectivity index (χ0v) is 35.3. The summed E-state index contributed by atoms with van der Waals surface area (Å²) < 4.78 is 26.2. The second-order valence-electron chi connectivity index (χ2n) is 16.0. The Labute approximate surface area is 365 Å². The van der Waals surface area contributed by atoms with Crippen molar-refractivity contribution < 1.29 is 23.2 Å². The maximum Gasteiger partial charge on any atom is 0.316 e. The van der Waals surface area contributed by atoms with Gasteiger partial charge in [0.05, 0.1) is 16.7 Å². The number of hydrogen-bond donors (Lipinski definition) is 3. The molecular formula is C49H51F2N9O3. The molecule has 0 spiro atoms. The third kappa shape index (κ3) is 11.7. The molecule has 8 rings (SSSR count). The number of rotatable bonds is 9. The highest BCUT2D eigenvalue weighted by Gasteiger charge is 2.27. The zero-order chi connectivity index (χ0) is 44.5. The Bertz CT molecular complexity index is 2640. The molecule has 2 aromatic heterocycles. The molecule has 0 unspecified atom stereocenters. The first kappa shape index (κ1) is 44.0. The molecule has 4 aromatic carbocycles. The van der Waals surface area contributed by atoms with Gasteiger partial charge in [0.25, 0.3) is 0 Å². The van der Waals surface area contributed by atoms with Crippen molar-refractivity contribution in [1.29, 1.82) is 0 Å². The number of amides is 4. The zero-order valence-electron chi connectivity index (χ0n) is 35.3. The van der Waals surface area contributed by atoms with Crippen molar-refractivity contribution in [2.24, 2.45) is 5.73 Å². The fraction of sp³-hybridized carbons (Fsp3) is 0.245. The molecule has 324 valence electrons. The second-order valence-corrected chi connectivity index (χ2v) is 16.0. The van der Waals surface area contributed by atoms with E-state index in [2.05, 4.69) is 32.0 Å². The van der Waals surface area contributed by atoms with Crippen LogP contribution in [-0.2, 0) is 22.7 Å². The Morgan fingerprint density at radius 1 is 0.667 bits per heavy atom. The molecule has 4 amide bonds. The molecule has 6 aromatic rings. The highest BCUT2D eigenvalue weighted by atomic mass is 19.1. The van der Waals surface area contributed by atoms with Crippen LogP contribution in [0.5, 0.6) is 0 Å². The van der Waals surface area contributed by atoms with Crippen molar-refractivity contribution in [3.05, 3.63) is 155 Å². The molecule has 0 bridgehead atoms. The normalized spacial score (nSPS) is 17.3. The van der Waals surface area contributed by atoms with Crippen molar-refractivity contribution in [3.8, 4) is 0 Å². The van der Waals surface area contributed by atoms with Crippen molar-refractivity contribution in [2.75, 3.05) is 50.3 Å². The Kier molecular flexibility index (Phi) is 14.1. The lowest BCUT2D eigenvalue weighted by Crippen LogP contribution is -2.53. The first-order chi connectivity index (χ1) is 30.4. The fourth-order valence-corrected chi connectivity index (χ4v) is 8.03. The second kappa shape index (κ2) is 20.2. The highest BCUT2D eigenvalue weighted by molar-refractivity contribution is 5.99. The van der Waals surface area contributed by atoms with Crippen LogP contribution < -0.4 is 16.8 Å². The fourth-order valence-electron chi connectivity index (χ4n) is 8.03. The molecule has 0 saturated carbocycles. The van der Waals surface area contributed by atoms with Crippen LogP contribution in [0.1, 0.15) is 36.1 Å². The molecule has 5 N–H and O–H groups in total. The van der Waals surface area contributed by atoms with E-state index in [-0.39, 0.29) is 35.5 Å². The van der Waals surface area contributed by atoms with E-state index in [4.69, 9.17) is 11.5 Å². The van der Waals surface area contributed by atoms with Crippen molar-refractivity contribution in [2.45, 2.75) is 39.0 Å². The third-order valence-electron chi connectivity index (χ3n) is 11.3. The SMILES string of the molecule is C[C@@H]1CN(Cc2ccc(F)cc2)CCN1C(=O)/C=C/c1cc2cccnc2cc1N.C[C@@H]1CN(Cc2ccc(F)cc2)CCN1C(=O)/C=C/c1cc2cccnc2cc1NC(N)=O. The first-order valence-corrected chi connectivity index (χ1v) is 20.9. The Balaban J connectivity index is 0.000000190. The summed E-state index contributed by atoms with van der Waals surface area (Å²) in [7, 11) is 0. The summed E-state index contributed by atoms with van der Waals surface area (Å²) in [6.07, 6.45) is 10.00. The number of aromatic nitrogens is 2. The number of fused-ring (bicyclic) bond motifs is 2. The molecule has 2 saturated heterocycles. The molecule has 4 heterocycles. The molecule has 2 aliphatic heterocycles. The number of carbonyl (C=O) groups excluding carboxylic acids is 3. The molecule has 0 radical (unpaired) electrons. The molecule has 63 heavy (non-hydrogen) atoms. The lowest BCUT2D eigenvalue weighted by atomic mass is 10.1. The van der Waals surface area contributed by atoms with Gasteiger partial charge >= 0.3 is 6.03 Å². The van der Waals surface area contributed by atoms with Gasteiger partial charge in [-0.1, -0.05) is 36.4 Å². The quantitative estimate of drug-likeness (QED) is 0.101. The molecule has 2 fully saturated rings. The van der Waals surface area contributed by atoms with E-state index in [1.807, 2.05) is 71.3 Å². The minimum absolute atomic E-state index is 0.0189. The summed E-state index contributed by atoms with van der Waals surface area (Å²) in [5, 5.41) is 4.48. The van der Waals surface area contributed by atoms with Gasteiger partial charge in [-0.2, -0.15) is 0 Å². The minimum Gasteiger partial charge on any atom is -0.398 e. The molecule has 0 aliphatic carbocycles. The molecule has 14 heteroatoms. The number of benzene rings is 4. The van der Waals surface area contributed by atoms with Gasteiger partial charge in [0.1, 0.15) is 11.6 Å². The molecule has 2 atom stereocenters. The number of nitrogens with zero attached hydrogens (tertiary/aromatic N) is 6. The summed E-state index contributed by atoms with van der Waals surface area (Å²) in [5.41, 5.74) is 17.7. The van der Waals surface area contributed by atoms with Crippen LogP contribution in [0.15, 0.2) is 122 Å². The minimum atomic E-state index is -0.683. The van der Waals surface area contributed by atoms with Crippen LogP contribution in [-0.4, -0.2) is 98.8 Å². The number of nitrogens with one attached hydrogen (secondary N) is 1. The van der Waals surface area contributed by atoms with E-state index >= 15 is 0 Å². The van der Waals surface area contributed by atoms with Crippen molar-refractivity contribution in [3.63, 3.8) is 0 Å². The summed E-state index contributed by atoms with van der Waals surface area (Å²) in [4.78, 5) is 54.0. The van der Waals surface area contributed by atoms with Crippen LogP contribution >= 0.6 is 0 Å². The molecule has 2 aliphatic rings. The van der Waals surface area contributed by atoms with Gasteiger partial charge in [-0.15, -0.1) is 0 Å². The van der Waals surface area contributed by atoms with Gasteiger partial charge in [-0.05, 0) is 109 Å². The van der Waals surface area contributed by atoms with E-state index in [9.17, 15) is 23.2 Å². The average Bonchev–Trinajstić information content (AvgIpc) is 3.26. The summed E-state index contributed by atoms with van der Waals surface area (Å²) >= 11 is 0. The molecular weight excluding hydrogens is 801 g/mol. The highest BCUT2D eigenvalue weighted by Crippen LogP contribution is 2.25. The Morgan fingerprint density at radius 2 is 1.13 bits per heavy atom. The van der Waals surface area contributed by atoms with E-state index in [0.29, 0.717) is 30.0 Å². The van der Waals surface area contributed by atoms with E-state index in [1.54, 1.807) is 48.8 Å². The largest absolute Gasteiger partial charge is 0.398 e. The van der Waals surface area contributed by atoms with Crippen LogP contribution in [0.2, 0.25) is 0 Å². The number of urea groups is 1. The lowest BCUT2D eigenvalue weighted by molar-refractivity contribution is -0.131. The summed E-state index contributed by atoms with van der Waals surface area (Å²) in [6, 6.07) is 27.5. The van der Waals surface area contributed by atoms with Gasteiger partial charge in [0.2, 0.25) is 11.8 Å². The number of halogens is 2. The number of pyridine rings is 2. The van der Waals surface area contributed by atoms with Gasteiger partial charge in [0, 0.05) is 105 Å². The van der Waals surface area contributed by atoms with Gasteiger partial charge in [-0.25, -0.2) is 13.6 Å². The van der Waals surface area contributed by atoms with Gasteiger partial charge in [-0.3, -0.25) is 29.4 Å². The lowest BCUT2D eigenvalue weighted by Gasteiger charge is -2.39. The van der Waals surface area contributed by atoms with Crippen molar-refractivity contribution in [1.82, 2.24) is 29.6 Å². The average molecular weight is 852 g/mol. The van der Waals surface area contributed by atoms with Crippen LogP contribution in [0, 0.1) is 11.6 Å². The first-order valence-electron chi connectivity index (χ1n) is 20.9. The maximum atomic E-state index is 13.1. The van der Waals surface area contributed by atoms with Crippen LogP contribution in [0.3, 0.4) is 0 Å². The topological polar surface area (TPSA) is 154 Å². The predicted molar refractivity (Wildman–Crippen MR) is 245 cm³/mol. The van der Waals surface area contributed by atoms with Gasteiger partial charge < -0.3 is 26.6 Å². The molecule has 12 nitrogen and oxygen atoms in total. The van der Waals surface area contributed by atoms with E-state index in [0.717, 1.165) is 77.8 Å². The van der Waals surface area contributed by atoms with Gasteiger partial charge in [0.15, 0.2) is 0 Å². The summed E-state index contributed by atoms with van der Waals surface area (Å²) in [5.74, 6) is -0.585. The third-order valence-corrected chi connectivity index (χ3v) is 11.3. The van der Waals surface area contributed by atoms with Crippen LogP contribution in [0.4, 0.5) is 25.0 Å². The number of primary amides is 1.